The largest absolute Gasteiger partial charge is 0.493 e. The van der Waals surface area contributed by atoms with Gasteiger partial charge in [0.1, 0.15) is 5.75 Å². The number of benzene rings is 1. The van der Waals surface area contributed by atoms with Gasteiger partial charge in [0.2, 0.25) is 0 Å². The number of aliphatic hydroxyl groups excluding tert-OH is 1. The Balaban J connectivity index is 1.63. The van der Waals surface area contributed by atoms with Crippen molar-refractivity contribution in [3.05, 3.63) is 29.8 Å². The van der Waals surface area contributed by atoms with Gasteiger partial charge in [-0.25, -0.2) is 0 Å². The highest BCUT2D eigenvalue weighted by Gasteiger charge is 2.39. The Morgan fingerprint density at radius 3 is 2.79 bits per heavy atom. The van der Waals surface area contributed by atoms with E-state index in [9.17, 15) is 5.11 Å². The zero-order valence-corrected chi connectivity index (χ0v) is 11.7. The molecular formula is C17H24O2. The zero-order chi connectivity index (χ0) is 13.2. The summed E-state index contributed by atoms with van der Waals surface area (Å²) < 4.78 is 6.04. The van der Waals surface area contributed by atoms with Gasteiger partial charge in [0.15, 0.2) is 0 Å². The Morgan fingerprint density at radius 2 is 2.11 bits per heavy atom. The average Bonchev–Trinajstić information content (AvgIpc) is 3.07. The molecule has 3 unspecified atom stereocenters. The Hall–Kier alpha value is -1.02. The summed E-state index contributed by atoms with van der Waals surface area (Å²) in [5.74, 6) is 3.48. The maximum absolute atomic E-state index is 10.0. The molecule has 1 aromatic rings. The summed E-state index contributed by atoms with van der Waals surface area (Å²) in [6.07, 6.45) is 5.94. The van der Waals surface area contributed by atoms with Gasteiger partial charge in [-0.1, -0.05) is 31.5 Å². The fraction of sp³-hybridized carbons (Fsp3) is 0.647. The molecule has 0 aliphatic heterocycles. The van der Waals surface area contributed by atoms with Gasteiger partial charge in [-0.15, -0.1) is 0 Å². The van der Waals surface area contributed by atoms with E-state index in [0.717, 1.165) is 42.1 Å². The highest BCUT2D eigenvalue weighted by atomic mass is 16.5. The summed E-state index contributed by atoms with van der Waals surface area (Å²) >= 11 is 0. The summed E-state index contributed by atoms with van der Waals surface area (Å²) in [7, 11) is 0. The molecule has 104 valence electrons. The van der Waals surface area contributed by atoms with Crippen molar-refractivity contribution in [2.75, 3.05) is 6.61 Å². The molecule has 0 amide bonds. The van der Waals surface area contributed by atoms with Crippen molar-refractivity contribution in [3.8, 4) is 5.75 Å². The van der Waals surface area contributed by atoms with Crippen molar-refractivity contribution < 1.29 is 9.84 Å². The maximum atomic E-state index is 10.0. The van der Waals surface area contributed by atoms with Gasteiger partial charge in [-0.2, -0.15) is 0 Å². The number of aliphatic hydroxyl groups is 1. The molecule has 2 saturated carbocycles. The molecule has 2 nitrogen and oxygen atoms in total. The molecule has 0 aromatic heterocycles. The Bertz CT molecular complexity index is 429. The van der Waals surface area contributed by atoms with E-state index >= 15 is 0 Å². The van der Waals surface area contributed by atoms with E-state index in [-0.39, 0.29) is 0 Å². The van der Waals surface area contributed by atoms with Gasteiger partial charge in [-0.05, 0) is 49.5 Å². The molecule has 2 bridgehead atoms. The third kappa shape index (κ3) is 2.64. The Labute approximate surface area is 115 Å². The van der Waals surface area contributed by atoms with Crippen molar-refractivity contribution in [1.29, 1.82) is 0 Å². The third-order valence-electron chi connectivity index (χ3n) is 5.00. The minimum atomic E-state index is -0.406. The lowest BCUT2D eigenvalue weighted by atomic mass is 9.89. The molecule has 0 heterocycles. The molecule has 3 rings (SSSR count). The van der Waals surface area contributed by atoms with Crippen LogP contribution in [0.4, 0.5) is 0 Å². The summed E-state index contributed by atoms with van der Waals surface area (Å²) in [5, 5.41) is 10.0. The highest BCUT2D eigenvalue weighted by molar-refractivity contribution is 5.35. The number of hydrogen-bond acceptors (Lipinski definition) is 2. The lowest BCUT2D eigenvalue weighted by Gasteiger charge is -2.23. The normalized spacial score (nSPS) is 30.5. The predicted octanol–water partition coefficient (Wildman–Crippen LogP) is 3.95. The molecule has 1 N–H and O–H groups in total. The van der Waals surface area contributed by atoms with Crippen LogP contribution in [0.3, 0.4) is 0 Å². The first kappa shape index (κ1) is 13.0. The van der Waals surface area contributed by atoms with Crippen molar-refractivity contribution in [3.63, 3.8) is 0 Å². The monoisotopic (exact) mass is 260 g/mol. The highest BCUT2D eigenvalue weighted by Crippen LogP contribution is 2.48. The Morgan fingerprint density at radius 1 is 1.26 bits per heavy atom. The molecule has 2 aliphatic carbocycles. The topological polar surface area (TPSA) is 29.5 Å². The van der Waals surface area contributed by atoms with Crippen LogP contribution in [0.2, 0.25) is 0 Å². The van der Waals surface area contributed by atoms with Gasteiger partial charge >= 0.3 is 0 Å². The summed E-state index contributed by atoms with van der Waals surface area (Å²) in [6.45, 7) is 2.83. The molecule has 2 aliphatic rings. The quantitative estimate of drug-likeness (QED) is 0.868. The second-order valence-corrected chi connectivity index (χ2v) is 6.21. The van der Waals surface area contributed by atoms with Gasteiger partial charge in [0.25, 0.3) is 0 Å². The second kappa shape index (κ2) is 5.54. The fourth-order valence-electron chi connectivity index (χ4n) is 3.88. The van der Waals surface area contributed by atoms with E-state index in [1.54, 1.807) is 0 Å². The van der Waals surface area contributed by atoms with Gasteiger partial charge in [0, 0.05) is 5.56 Å². The molecule has 1 aromatic carbocycles. The minimum absolute atomic E-state index is 0.406. The minimum Gasteiger partial charge on any atom is -0.493 e. The number of ether oxygens (including phenoxy) is 1. The lowest BCUT2D eigenvalue weighted by Crippen LogP contribution is -2.19. The van der Waals surface area contributed by atoms with Crippen LogP contribution < -0.4 is 4.74 Å². The number of rotatable bonds is 5. The average molecular weight is 260 g/mol. The van der Waals surface area contributed by atoms with Crippen molar-refractivity contribution in [2.24, 2.45) is 17.8 Å². The van der Waals surface area contributed by atoms with E-state index in [0.29, 0.717) is 0 Å². The summed E-state index contributed by atoms with van der Waals surface area (Å²) in [5.41, 5.74) is 0.938. The van der Waals surface area contributed by atoms with Crippen molar-refractivity contribution in [2.45, 2.75) is 45.1 Å². The molecule has 2 heteroatoms. The van der Waals surface area contributed by atoms with Crippen LogP contribution in [-0.4, -0.2) is 11.7 Å². The zero-order valence-electron chi connectivity index (χ0n) is 11.7. The molecule has 0 spiro atoms. The van der Waals surface area contributed by atoms with E-state index in [4.69, 9.17) is 4.74 Å². The van der Waals surface area contributed by atoms with Gasteiger partial charge in [0.05, 0.1) is 12.7 Å². The molecular weight excluding hydrogens is 236 g/mol. The van der Waals surface area contributed by atoms with Crippen molar-refractivity contribution >= 4 is 0 Å². The van der Waals surface area contributed by atoms with Crippen LogP contribution >= 0.6 is 0 Å². The van der Waals surface area contributed by atoms with Crippen LogP contribution in [0, 0.1) is 17.8 Å². The van der Waals surface area contributed by atoms with E-state index in [1.807, 2.05) is 31.2 Å². The van der Waals surface area contributed by atoms with Crippen LogP contribution in [0.15, 0.2) is 24.3 Å². The van der Waals surface area contributed by atoms with Gasteiger partial charge in [-0.3, -0.25) is 0 Å². The fourth-order valence-corrected chi connectivity index (χ4v) is 3.88. The van der Waals surface area contributed by atoms with Crippen LogP contribution in [0.5, 0.6) is 5.75 Å². The van der Waals surface area contributed by atoms with Crippen LogP contribution in [-0.2, 0) is 0 Å². The summed E-state index contributed by atoms with van der Waals surface area (Å²) in [6, 6.07) is 7.92. The van der Waals surface area contributed by atoms with Crippen LogP contribution in [0.1, 0.15) is 50.7 Å². The number of hydrogen-bond donors (Lipinski definition) is 1. The van der Waals surface area contributed by atoms with Gasteiger partial charge < -0.3 is 9.84 Å². The molecule has 2 fully saturated rings. The SMILES string of the molecule is CC[C@@H](O)c1ccccc1OCC1CC2CCC1C2. The third-order valence-corrected chi connectivity index (χ3v) is 5.00. The first-order valence-electron chi connectivity index (χ1n) is 7.67. The molecule has 4 atom stereocenters. The second-order valence-electron chi connectivity index (χ2n) is 6.21. The smallest absolute Gasteiger partial charge is 0.125 e. The number of para-hydroxylation sites is 1. The number of fused-ring (bicyclic) bond motifs is 2. The first-order chi connectivity index (χ1) is 9.28. The van der Waals surface area contributed by atoms with E-state index < -0.39 is 6.10 Å². The van der Waals surface area contributed by atoms with E-state index in [2.05, 4.69) is 0 Å². The summed E-state index contributed by atoms with van der Waals surface area (Å²) in [4.78, 5) is 0. The Kier molecular flexibility index (Phi) is 3.79. The predicted molar refractivity (Wildman–Crippen MR) is 76.1 cm³/mol. The molecule has 19 heavy (non-hydrogen) atoms. The maximum Gasteiger partial charge on any atom is 0.125 e. The molecule has 0 radical (unpaired) electrons. The lowest BCUT2D eigenvalue weighted by molar-refractivity contribution is 0.157. The standard InChI is InChI=1S/C17H24O2/c1-2-16(18)15-5-3-4-6-17(15)19-11-14-10-12-7-8-13(14)9-12/h3-6,12-14,16,18H,2,7-11H2,1H3/t12?,13?,14?,16-/m1/s1. The molecule has 0 saturated heterocycles. The first-order valence-corrected chi connectivity index (χ1v) is 7.67. The van der Waals surface area contributed by atoms with Crippen LogP contribution in [0.25, 0.3) is 0 Å². The van der Waals surface area contributed by atoms with E-state index in [1.165, 1.54) is 25.7 Å². The van der Waals surface area contributed by atoms with Crippen molar-refractivity contribution in [1.82, 2.24) is 0 Å².